The Morgan fingerprint density at radius 3 is 2.19 bits per heavy atom. The van der Waals surface area contributed by atoms with Crippen LogP contribution in [0, 0.1) is 0 Å². The standard InChI is InChI=1S/C11H23N2O2P/c1-10(2)5-8(12-9(14)7-16)6-11(3,4)13(10)15/h8,15H,5-7,16H2,1-4H3,(H,12,14)/p+1. The van der Waals surface area contributed by atoms with Crippen molar-refractivity contribution >= 4 is 15.1 Å². The first-order chi connectivity index (χ1) is 7.19. The van der Waals surface area contributed by atoms with E-state index < -0.39 is 0 Å². The molecule has 1 fully saturated rings. The molecule has 1 rings (SSSR count). The van der Waals surface area contributed by atoms with E-state index >= 15 is 0 Å². The van der Waals surface area contributed by atoms with Crippen molar-refractivity contribution in [3.05, 3.63) is 0 Å². The van der Waals surface area contributed by atoms with E-state index in [-0.39, 0.29) is 23.0 Å². The summed E-state index contributed by atoms with van der Waals surface area (Å²) in [5, 5.41) is 14.6. The van der Waals surface area contributed by atoms with Crippen molar-refractivity contribution in [1.29, 1.82) is 0 Å². The smallest absolute Gasteiger partial charge is 0.257 e. The largest absolute Gasteiger partial charge is 0.350 e. The molecule has 0 bridgehead atoms. The number of amides is 1. The fraction of sp³-hybridized carbons (Fsp3) is 0.909. The molecule has 0 aliphatic carbocycles. The lowest BCUT2D eigenvalue weighted by Gasteiger charge is -2.51. The Balaban J connectivity index is 2.75. The van der Waals surface area contributed by atoms with Crippen LogP contribution >= 0.6 is 9.24 Å². The van der Waals surface area contributed by atoms with Crippen molar-refractivity contribution in [1.82, 2.24) is 10.4 Å². The maximum atomic E-state index is 11.4. The molecule has 1 saturated heterocycles. The van der Waals surface area contributed by atoms with Crippen LogP contribution in [-0.2, 0) is 4.79 Å². The zero-order valence-electron chi connectivity index (χ0n) is 10.7. The first kappa shape index (κ1) is 13.9. The summed E-state index contributed by atoms with van der Waals surface area (Å²) in [6, 6.07) is 0.158. The Bertz CT molecular complexity index is 261. The number of carbonyl (C=O) groups is 1. The monoisotopic (exact) mass is 247 g/mol. The van der Waals surface area contributed by atoms with E-state index in [9.17, 15) is 10.0 Å². The highest BCUT2D eigenvalue weighted by Crippen LogP contribution is 2.36. The summed E-state index contributed by atoms with van der Waals surface area (Å²) in [5.74, 6) is 0.0984. The van der Waals surface area contributed by atoms with Gasteiger partial charge in [0.25, 0.3) is 5.91 Å². The average molecular weight is 247 g/mol. The minimum Gasteiger partial charge on any atom is -0.350 e. The number of hydroxylamine groups is 2. The zero-order valence-corrected chi connectivity index (χ0v) is 12.1. The van der Waals surface area contributed by atoms with Crippen molar-refractivity contribution < 1.29 is 10.0 Å². The maximum Gasteiger partial charge on any atom is 0.257 e. The molecule has 4 nitrogen and oxygen atoms in total. The number of piperidine rings is 1. The molecule has 0 aromatic rings. The van der Waals surface area contributed by atoms with Crippen molar-refractivity contribution in [2.75, 3.05) is 6.16 Å². The predicted octanol–water partition coefficient (Wildman–Crippen LogP) is 1.12. The fourth-order valence-corrected chi connectivity index (χ4v) is 2.82. The van der Waals surface area contributed by atoms with Crippen LogP contribution in [0.3, 0.4) is 0 Å². The zero-order chi connectivity index (χ0) is 12.6. The number of nitrogens with one attached hydrogen (secondary N) is 1. The molecule has 2 N–H and O–H groups in total. The highest BCUT2D eigenvalue weighted by molar-refractivity contribution is 7.18. The minimum absolute atomic E-state index is 0.0984. The van der Waals surface area contributed by atoms with Crippen molar-refractivity contribution in [2.45, 2.75) is 57.7 Å². The number of nitrogens with zero attached hydrogens (tertiary/aromatic N) is 1. The van der Waals surface area contributed by atoms with Crippen LogP contribution in [-0.4, -0.2) is 39.5 Å². The van der Waals surface area contributed by atoms with Crippen LogP contribution in [0.5, 0.6) is 0 Å². The molecule has 1 aliphatic heterocycles. The maximum absolute atomic E-state index is 11.4. The second-order valence-electron chi connectivity index (χ2n) is 5.86. The summed E-state index contributed by atoms with van der Waals surface area (Å²) in [5.41, 5.74) is -0.592. The summed E-state index contributed by atoms with van der Waals surface area (Å²) in [6.07, 6.45) is 2.10. The molecular weight excluding hydrogens is 223 g/mol. The van der Waals surface area contributed by atoms with Gasteiger partial charge < -0.3 is 10.5 Å². The molecule has 16 heavy (non-hydrogen) atoms. The lowest BCUT2D eigenvalue weighted by molar-refractivity contribution is -0.246. The number of hydrogen-bond donors (Lipinski definition) is 2. The molecule has 94 valence electrons. The van der Waals surface area contributed by atoms with Gasteiger partial charge in [0, 0.05) is 17.1 Å². The molecule has 0 saturated carbocycles. The van der Waals surface area contributed by atoms with Gasteiger partial charge in [-0.25, -0.2) is 0 Å². The van der Waals surface area contributed by atoms with E-state index in [1.54, 1.807) is 9.24 Å². The third-order valence-corrected chi connectivity index (χ3v) is 3.68. The molecule has 1 atom stereocenters. The average Bonchev–Trinajstić information content (AvgIpc) is 2.13. The highest BCUT2D eigenvalue weighted by atomic mass is 31.0. The van der Waals surface area contributed by atoms with Gasteiger partial charge in [0.1, 0.15) is 6.16 Å². The number of carbonyl (C=O) groups excluding carboxylic acids is 1. The highest BCUT2D eigenvalue weighted by Gasteiger charge is 2.45. The third-order valence-electron chi connectivity index (χ3n) is 3.23. The lowest BCUT2D eigenvalue weighted by Crippen LogP contribution is -2.63. The minimum atomic E-state index is -0.296. The lowest BCUT2D eigenvalue weighted by atomic mass is 9.79. The van der Waals surface area contributed by atoms with Gasteiger partial charge in [-0.2, -0.15) is 5.06 Å². The van der Waals surface area contributed by atoms with Crippen LogP contribution in [0.15, 0.2) is 0 Å². The summed E-state index contributed by atoms with van der Waals surface area (Å²) in [4.78, 5) is 11.4. The third kappa shape index (κ3) is 2.93. The molecule has 0 spiro atoms. The summed E-state index contributed by atoms with van der Waals surface area (Å²) in [6.45, 7) is 8.00. The van der Waals surface area contributed by atoms with Gasteiger partial charge in [-0.3, -0.25) is 4.79 Å². The summed E-state index contributed by atoms with van der Waals surface area (Å²) < 4.78 is 0. The molecule has 1 heterocycles. The van der Waals surface area contributed by atoms with Gasteiger partial charge in [-0.05, 0) is 49.8 Å². The van der Waals surface area contributed by atoms with Crippen molar-refractivity contribution in [3.63, 3.8) is 0 Å². The van der Waals surface area contributed by atoms with Gasteiger partial charge >= 0.3 is 0 Å². The van der Waals surface area contributed by atoms with Crippen LogP contribution < -0.4 is 5.32 Å². The molecule has 0 aromatic heterocycles. The van der Waals surface area contributed by atoms with Gasteiger partial charge in [0.2, 0.25) is 0 Å². The molecule has 0 aromatic carbocycles. The van der Waals surface area contributed by atoms with Gasteiger partial charge in [0.15, 0.2) is 0 Å². The number of rotatable bonds is 2. The second kappa shape index (κ2) is 4.59. The van der Waals surface area contributed by atoms with E-state index in [1.807, 2.05) is 27.7 Å². The van der Waals surface area contributed by atoms with Crippen LogP contribution in [0.2, 0.25) is 0 Å². The van der Waals surface area contributed by atoms with E-state index in [1.165, 1.54) is 5.06 Å². The van der Waals surface area contributed by atoms with E-state index in [0.29, 0.717) is 6.16 Å². The van der Waals surface area contributed by atoms with Crippen LogP contribution in [0.25, 0.3) is 0 Å². The van der Waals surface area contributed by atoms with Crippen molar-refractivity contribution in [2.24, 2.45) is 0 Å². The normalized spacial score (nSPS) is 25.6. The SMILES string of the molecule is CC1(C)CC(NC(=O)C[PH3+])CC(C)(C)N1O. The summed E-state index contributed by atoms with van der Waals surface area (Å²) >= 11 is 0. The van der Waals surface area contributed by atoms with Crippen molar-refractivity contribution in [3.8, 4) is 0 Å². The van der Waals surface area contributed by atoms with Gasteiger partial charge in [-0.1, -0.05) is 0 Å². The van der Waals surface area contributed by atoms with Crippen LogP contribution in [0.1, 0.15) is 40.5 Å². The molecule has 5 heteroatoms. The quantitative estimate of drug-likeness (QED) is 0.719. The Labute approximate surface area is 99.9 Å². The number of hydrogen-bond acceptors (Lipinski definition) is 3. The molecule has 1 unspecified atom stereocenters. The first-order valence-corrected chi connectivity index (χ1v) is 6.77. The van der Waals surface area contributed by atoms with E-state index in [4.69, 9.17) is 0 Å². The topological polar surface area (TPSA) is 52.6 Å². The Hall–Kier alpha value is -0.180. The van der Waals surface area contributed by atoms with Gasteiger partial charge in [0.05, 0.1) is 0 Å². The van der Waals surface area contributed by atoms with E-state index in [2.05, 4.69) is 5.32 Å². The predicted molar refractivity (Wildman–Crippen MR) is 68.9 cm³/mol. The molecular formula is C11H24N2O2P+. The van der Waals surface area contributed by atoms with Crippen LogP contribution in [0.4, 0.5) is 0 Å². The molecule has 0 radical (unpaired) electrons. The first-order valence-electron chi connectivity index (χ1n) is 5.77. The second-order valence-corrected chi connectivity index (χ2v) is 6.36. The van der Waals surface area contributed by atoms with E-state index in [0.717, 1.165) is 12.8 Å². The Morgan fingerprint density at radius 2 is 1.81 bits per heavy atom. The Kier molecular flexibility index (Phi) is 3.99. The van der Waals surface area contributed by atoms with Gasteiger partial charge in [-0.15, -0.1) is 0 Å². The fourth-order valence-electron chi connectivity index (χ4n) is 2.67. The Morgan fingerprint density at radius 1 is 1.38 bits per heavy atom. The molecule has 1 aliphatic rings. The molecule has 1 amide bonds. The summed E-state index contributed by atoms with van der Waals surface area (Å²) in [7, 11) is 1.66.